The average Bonchev–Trinajstić information content (AvgIpc) is 3.10. The molecule has 25 heavy (non-hydrogen) atoms. The Balaban J connectivity index is 1.65. The van der Waals surface area contributed by atoms with Crippen LogP contribution in [0.2, 0.25) is 0 Å². The molecule has 2 aromatic heterocycles. The van der Waals surface area contributed by atoms with Crippen LogP contribution in [0.5, 0.6) is 0 Å². The van der Waals surface area contributed by atoms with E-state index >= 15 is 0 Å². The van der Waals surface area contributed by atoms with Crippen LogP contribution in [-0.4, -0.2) is 52.1 Å². The fraction of sp³-hybridized carbons (Fsp3) is 0.500. The summed E-state index contributed by atoms with van der Waals surface area (Å²) in [4.78, 5) is 11.7. The molecule has 0 spiro atoms. The van der Waals surface area contributed by atoms with Crippen molar-refractivity contribution in [3.63, 3.8) is 0 Å². The van der Waals surface area contributed by atoms with Gasteiger partial charge in [0.15, 0.2) is 0 Å². The highest BCUT2D eigenvalue weighted by Crippen LogP contribution is 2.22. The number of anilines is 2. The monoisotopic (exact) mass is 340 g/mol. The molecule has 1 aliphatic heterocycles. The highest BCUT2D eigenvalue weighted by molar-refractivity contribution is 5.52. The van der Waals surface area contributed by atoms with Crippen LogP contribution in [-0.2, 0) is 4.74 Å². The predicted octanol–water partition coefficient (Wildman–Crippen LogP) is 2.33. The van der Waals surface area contributed by atoms with Crippen molar-refractivity contribution < 1.29 is 4.74 Å². The van der Waals surface area contributed by atoms with Gasteiger partial charge < -0.3 is 15.0 Å². The van der Waals surface area contributed by atoms with E-state index in [4.69, 9.17) is 14.7 Å². The van der Waals surface area contributed by atoms with E-state index in [0.717, 1.165) is 62.9 Å². The lowest BCUT2D eigenvalue weighted by Gasteiger charge is -2.28. The first-order valence-electron chi connectivity index (χ1n) is 8.94. The van der Waals surface area contributed by atoms with Gasteiger partial charge in [0, 0.05) is 31.4 Å². The lowest BCUT2D eigenvalue weighted by molar-refractivity contribution is 0.122. The SMILES string of the molecule is Cc1ccn(-c2nc(NC3CC=CCC3)cc(N3CCOCC3)n2)n1. The highest BCUT2D eigenvalue weighted by Gasteiger charge is 2.18. The zero-order chi connectivity index (χ0) is 17.1. The second kappa shape index (κ2) is 7.23. The lowest BCUT2D eigenvalue weighted by atomic mass is 10.0. The third-order valence-electron chi connectivity index (χ3n) is 4.58. The molecular formula is C18H24N6O. The molecule has 0 amide bonds. The van der Waals surface area contributed by atoms with Crippen molar-refractivity contribution in [2.75, 3.05) is 36.5 Å². The van der Waals surface area contributed by atoms with Gasteiger partial charge in [0.05, 0.1) is 18.9 Å². The van der Waals surface area contributed by atoms with E-state index in [2.05, 4.69) is 27.5 Å². The molecule has 1 unspecified atom stereocenters. The van der Waals surface area contributed by atoms with Crippen LogP contribution in [0.4, 0.5) is 11.6 Å². The maximum atomic E-state index is 5.47. The van der Waals surface area contributed by atoms with Crippen molar-refractivity contribution in [1.29, 1.82) is 0 Å². The molecule has 2 aromatic rings. The Bertz CT molecular complexity index is 750. The van der Waals surface area contributed by atoms with Gasteiger partial charge in [0.1, 0.15) is 11.6 Å². The molecule has 1 saturated heterocycles. The van der Waals surface area contributed by atoms with Gasteiger partial charge in [0.25, 0.3) is 5.95 Å². The average molecular weight is 340 g/mol. The summed E-state index contributed by atoms with van der Waals surface area (Å²) in [5.41, 5.74) is 0.951. The smallest absolute Gasteiger partial charge is 0.254 e. The van der Waals surface area contributed by atoms with Crippen molar-refractivity contribution in [2.24, 2.45) is 0 Å². The maximum absolute atomic E-state index is 5.47. The second-order valence-electron chi connectivity index (χ2n) is 6.54. The van der Waals surface area contributed by atoms with Gasteiger partial charge in [-0.05, 0) is 32.3 Å². The Morgan fingerprint density at radius 2 is 2.08 bits per heavy atom. The molecule has 1 N–H and O–H groups in total. The molecule has 2 aliphatic rings. The molecule has 132 valence electrons. The molecule has 0 saturated carbocycles. The summed E-state index contributed by atoms with van der Waals surface area (Å²) in [6, 6.07) is 4.43. The molecule has 0 aromatic carbocycles. The van der Waals surface area contributed by atoms with Gasteiger partial charge in [-0.15, -0.1) is 0 Å². The van der Waals surface area contributed by atoms with Crippen LogP contribution in [0.1, 0.15) is 25.0 Å². The predicted molar refractivity (Wildman–Crippen MR) is 97.3 cm³/mol. The minimum Gasteiger partial charge on any atom is -0.378 e. The zero-order valence-electron chi connectivity index (χ0n) is 14.6. The largest absolute Gasteiger partial charge is 0.378 e. The summed E-state index contributed by atoms with van der Waals surface area (Å²) in [6.45, 7) is 5.13. The number of ether oxygens (including phenoxy) is 1. The first kappa shape index (κ1) is 16.1. The summed E-state index contributed by atoms with van der Waals surface area (Å²) in [6.07, 6.45) is 9.67. The van der Waals surface area contributed by atoms with Crippen LogP contribution in [0.3, 0.4) is 0 Å². The number of allylic oxidation sites excluding steroid dienone is 1. The minimum atomic E-state index is 0.421. The van der Waals surface area contributed by atoms with Crippen molar-refractivity contribution in [3.05, 3.63) is 36.2 Å². The van der Waals surface area contributed by atoms with Crippen molar-refractivity contribution in [1.82, 2.24) is 19.7 Å². The van der Waals surface area contributed by atoms with Gasteiger partial charge in [-0.25, -0.2) is 4.68 Å². The standard InChI is InChI=1S/C18H24N6O/c1-14-7-8-24(22-14)18-20-16(19-15-5-3-2-4-6-15)13-17(21-18)23-9-11-25-12-10-23/h2-3,7-8,13,15H,4-6,9-12H2,1H3,(H,19,20,21). The summed E-state index contributed by atoms with van der Waals surface area (Å²) < 4.78 is 7.21. The topological polar surface area (TPSA) is 68.1 Å². The Hall–Kier alpha value is -2.41. The third kappa shape index (κ3) is 3.82. The van der Waals surface area contributed by atoms with Gasteiger partial charge in [-0.2, -0.15) is 15.1 Å². The van der Waals surface area contributed by atoms with Crippen molar-refractivity contribution >= 4 is 11.6 Å². The van der Waals surface area contributed by atoms with Crippen molar-refractivity contribution in [2.45, 2.75) is 32.2 Å². The molecule has 0 bridgehead atoms. The van der Waals surface area contributed by atoms with Crippen molar-refractivity contribution in [3.8, 4) is 5.95 Å². The van der Waals surface area contributed by atoms with E-state index in [0.29, 0.717) is 12.0 Å². The van der Waals surface area contributed by atoms with Gasteiger partial charge in [-0.3, -0.25) is 0 Å². The molecule has 1 atom stereocenters. The second-order valence-corrected chi connectivity index (χ2v) is 6.54. The molecule has 0 radical (unpaired) electrons. The molecule has 3 heterocycles. The zero-order valence-corrected chi connectivity index (χ0v) is 14.6. The lowest BCUT2D eigenvalue weighted by Crippen LogP contribution is -2.37. The van der Waals surface area contributed by atoms with E-state index < -0.39 is 0 Å². The minimum absolute atomic E-state index is 0.421. The fourth-order valence-corrected chi connectivity index (χ4v) is 3.21. The van der Waals surface area contributed by atoms with E-state index in [1.54, 1.807) is 4.68 Å². The first-order chi connectivity index (χ1) is 12.3. The van der Waals surface area contributed by atoms with Crippen LogP contribution in [0.15, 0.2) is 30.5 Å². The number of nitrogens with one attached hydrogen (secondary N) is 1. The number of rotatable bonds is 4. The normalized spacial score (nSPS) is 20.7. The molecular weight excluding hydrogens is 316 g/mol. The van der Waals surface area contributed by atoms with E-state index in [1.165, 1.54) is 0 Å². The number of aryl methyl sites for hydroxylation is 1. The first-order valence-corrected chi connectivity index (χ1v) is 8.94. The van der Waals surface area contributed by atoms with E-state index in [1.807, 2.05) is 25.3 Å². The summed E-state index contributed by atoms with van der Waals surface area (Å²) in [5, 5.41) is 8.04. The van der Waals surface area contributed by atoms with E-state index in [9.17, 15) is 0 Å². The Morgan fingerprint density at radius 3 is 2.80 bits per heavy atom. The molecule has 4 rings (SSSR count). The third-order valence-corrected chi connectivity index (χ3v) is 4.58. The number of morpholine rings is 1. The van der Waals surface area contributed by atoms with Crippen LogP contribution in [0, 0.1) is 6.92 Å². The molecule has 7 heteroatoms. The van der Waals surface area contributed by atoms with E-state index in [-0.39, 0.29) is 0 Å². The van der Waals surface area contributed by atoms with Crippen LogP contribution >= 0.6 is 0 Å². The maximum Gasteiger partial charge on any atom is 0.254 e. The summed E-state index contributed by atoms with van der Waals surface area (Å²) in [7, 11) is 0. The van der Waals surface area contributed by atoms with Gasteiger partial charge >= 0.3 is 0 Å². The number of hydrogen-bond donors (Lipinski definition) is 1. The highest BCUT2D eigenvalue weighted by atomic mass is 16.5. The quantitative estimate of drug-likeness (QED) is 0.862. The van der Waals surface area contributed by atoms with Crippen LogP contribution < -0.4 is 10.2 Å². The fourth-order valence-electron chi connectivity index (χ4n) is 3.21. The Kier molecular flexibility index (Phi) is 4.65. The summed E-state index contributed by atoms with van der Waals surface area (Å²) in [5.74, 6) is 2.39. The molecule has 1 fully saturated rings. The molecule has 1 aliphatic carbocycles. The molecule has 7 nitrogen and oxygen atoms in total. The van der Waals surface area contributed by atoms with Gasteiger partial charge in [0.2, 0.25) is 0 Å². The summed E-state index contributed by atoms with van der Waals surface area (Å²) >= 11 is 0. The number of nitrogens with zero attached hydrogens (tertiary/aromatic N) is 5. The Morgan fingerprint density at radius 1 is 1.20 bits per heavy atom. The Labute approximate surface area is 147 Å². The number of aromatic nitrogens is 4. The van der Waals surface area contributed by atoms with Gasteiger partial charge in [-0.1, -0.05) is 12.2 Å². The van der Waals surface area contributed by atoms with Crippen LogP contribution in [0.25, 0.3) is 5.95 Å². The number of hydrogen-bond acceptors (Lipinski definition) is 6.